The smallest absolute Gasteiger partial charge is 0.303 e. The van der Waals surface area contributed by atoms with Crippen molar-refractivity contribution in [2.45, 2.75) is 16.3 Å². The number of rotatable bonds is 1. The van der Waals surface area contributed by atoms with Crippen molar-refractivity contribution in [1.82, 2.24) is 10.4 Å². The number of phenolic OH excluding ortho intramolecular Hbond substituents is 1. The molecule has 2 amide bonds. The molecule has 1 spiro atoms. The first-order valence-electron chi connectivity index (χ1n) is 6.21. The molecule has 5 rings (SSSR count). The fourth-order valence-electron chi connectivity index (χ4n) is 2.76. The van der Waals surface area contributed by atoms with E-state index in [4.69, 9.17) is 21.2 Å². The number of carbonyl (C=O) groups excluding carboxylic acids is 2. The SMILES string of the molecule is CON1C(=O)[C@H]2NC(=O)[C@@]13Oc1cc(O)c(Cl)cc1[C@@H]3SS2. The number of benzene rings is 1. The number of nitrogens with zero attached hydrogens (tertiary/aromatic N) is 1. The second kappa shape index (κ2) is 4.60. The Balaban J connectivity index is 1.94. The molecule has 0 unspecified atom stereocenters. The van der Waals surface area contributed by atoms with E-state index in [1.54, 1.807) is 6.07 Å². The van der Waals surface area contributed by atoms with Crippen LogP contribution in [0.15, 0.2) is 12.1 Å². The molecule has 4 aliphatic heterocycles. The lowest BCUT2D eigenvalue weighted by molar-refractivity contribution is -0.252. The number of nitrogens with one attached hydrogen (secondary N) is 1. The van der Waals surface area contributed by atoms with E-state index < -0.39 is 28.2 Å². The Labute approximate surface area is 137 Å². The summed E-state index contributed by atoms with van der Waals surface area (Å²) in [5.41, 5.74) is -1.01. The molecule has 3 saturated heterocycles. The molecule has 2 N–H and O–H groups in total. The van der Waals surface area contributed by atoms with Crippen molar-refractivity contribution in [2.24, 2.45) is 0 Å². The molecular formula is C12H9ClN2O5S2. The van der Waals surface area contributed by atoms with Gasteiger partial charge in [0.25, 0.3) is 11.8 Å². The largest absolute Gasteiger partial charge is 0.506 e. The van der Waals surface area contributed by atoms with Crippen LogP contribution in [0.4, 0.5) is 0 Å². The van der Waals surface area contributed by atoms with Crippen LogP contribution in [0, 0.1) is 0 Å². The number of hydroxylamine groups is 2. The van der Waals surface area contributed by atoms with Crippen molar-refractivity contribution < 1.29 is 24.3 Å². The number of carbonyl (C=O) groups is 2. The molecule has 3 fully saturated rings. The van der Waals surface area contributed by atoms with Gasteiger partial charge in [0.2, 0.25) is 0 Å². The van der Waals surface area contributed by atoms with E-state index in [1.807, 2.05) is 0 Å². The summed E-state index contributed by atoms with van der Waals surface area (Å²) in [4.78, 5) is 30.2. The first-order chi connectivity index (χ1) is 10.5. The lowest BCUT2D eigenvalue weighted by Gasteiger charge is -2.41. The van der Waals surface area contributed by atoms with Gasteiger partial charge in [0, 0.05) is 11.6 Å². The van der Waals surface area contributed by atoms with E-state index in [0.29, 0.717) is 11.3 Å². The van der Waals surface area contributed by atoms with E-state index in [0.717, 1.165) is 5.06 Å². The fourth-order valence-corrected chi connectivity index (χ4v) is 5.92. The molecule has 2 bridgehead atoms. The van der Waals surface area contributed by atoms with Crippen LogP contribution in [0.2, 0.25) is 5.02 Å². The Morgan fingerprint density at radius 2 is 2.23 bits per heavy atom. The second-order valence-electron chi connectivity index (χ2n) is 4.88. The summed E-state index contributed by atoms with van der Waals surface area (Å²) in [6, 6.07) is 2.88. The van der Waals surface area contributed by atoms with E-state index >= 15 is 0 Å². The van der Waals surface area contributed by atoms with Crippen molar-refractivity contribution >= 4 is 45.0 Å². The number of hydrogen-bond acceptors (Lipinski definition) is 7. The molecule has 0 aromatic heterocycles. The van der Waals surface area contributed by atoms with Crippen molar-refractivity contribution in [2.75, 3.05) is 7.11 Å². The molecule has 116 valence electrons. The minimum Gasteiger partial charge on any atom is -0.506 e. The molecule has 22 heavy (non-hydrogen) atoms. The maximum absolute atomic E-state index is 12.6. The van der Waals surface area contributed by atoms with Crippen LogP contribution in [-0.2, 0) is 14.4 Å². The summed E-state index contributed by atoms with van der Waals surface area (Å²) >= 11 is 5.96. The van der Waals surface area contributed by atoms with Gasteiger partial charge in [0.15, 0.2) is 5.37 Å². The molecule has 0 aliphatic carbocycles. The zero-order chi connectivity index (χ0) is 15.6. The van der Waals surface area contributed by atoms with Crippen molar-refractivity contribution in [3.63, 3.8) is 0 Å². The first-order valence-corrected chi connectivity index (χ1v) is 8.87. The van der Waals surface area contributed by atoms with E-state index in [9.17, 15) is 14.7 Å². The highest BCUT2D eigenvalue weighted by Crippen LogP contribution is 2.61. The number of phenols is 1. The standard InChI is InChI=1S/C12H9ClN2O5S2/c1-19-15-10(17)9-14-11(18)12(15)8(21-22-9)4-2-5(13)6(16)3-7(4)20-12/h2-3,8-9,16H,1H3,(H,14,18)/t8-,9-,12+/m0/s1. The van der Waals surface area contributed by atoms with Crippen LogP contribution in [0.5, 0.6) is 11.5 Å². The summed E-state index contributed by atoms with van der Waals surface area (Å²) in [5.74, 6) is -0.723. The Morgan fingerprint density at radius 1 is 1.45 bits per heavy atom. The normalized spacial score (nSPS) is 32.2. The van der Waals surface area contributed by atoms with Gasteiger partial charge in [-0.25, -0.2) is 0 Å². The molecule has 4 aliphatic rings. The molecular weight excluding hydrogens is 352 g/mol. The van der Waals surface area contributed by atoms with Crippen LogP contribution in [-0.4, -0.2) is 40.2 Å². The second-order valence-corrected chi connectivity index (χ2v) is 7.77. The third kappa shape index (κ3) is 1.59. The Morgan fingerprint density at radius 3 is 2.95 bits per heavy atom. The molecule has 0 radical (unpaired) electrons. The number of aromatic hydroxyl groups is 1. The van der Waals surface area contributed by atoms with Crippen molar-refractivity contribution in [3.05, 3.63) is 22.7 Å². The third-order valence-electron chi connectivity index (χ3n) is 3.73. The van der Waals surface area contributed by atoms with E-state index in [-0.39, 0.29) is 10.8 Å². The Hall–Kier alpha value is -1.29. The topological polar surface area (TPSA) is 88.1 Å². The number of fused-ring (bicyclic) bond motifs is 4. The highest BCUT2D eigenvalue weighted by molar-refractivity contribution is 8.77. The lowest BCUT2D eigenvalue weighted by Crippen LogP contribution is -2.71. The van der Waals surface area contributed by atoms with Gasteiger partial charge in [-0.15, -0.1) is 0 Å². The fraction of sp³-hybridized carbons (Fsp3) is 0.333. The number of halogens is 1. The number of hydrogen-bond donors (Lipinski definition) is 2. The van der Waals surface area contributed by atoms with Crippen LogP contribution in [0.1, 0.15) is 10.8 Å². The average Bonchev–Trinajstić information content (AvgIpc) is 2.62. The predicted molar refractivity (Wildman–Crippen MR) is 80.2 cm³/mol. The minimum atomic E-state index is -1.64. The molecule has 10 heteroatoms. The van der Waals surface area contributed by atoms with Gasteiger partial charge < -0.3 is 15.2 Å². The highest BCUT2D eigenvalue weighted by atomic mass is 35.5. The maximum Gasteiger partial charge on any atom is 0.303 e. The highest BCUT2D eigenvalue weighted by Gasteiger charge is 2.67. The summed E-state index contributed by atoms with van der Waals surface area (Å²) in [6.45, 7) is 0. The van der Waals surface area contributed by atoms with Crippen molar-refractivity contribution in [3.8, 4) is 11.5 Å². The molecule has 1 aromatic rings. The summed E-state index contributed by atoms with van der Waals surface area (Å²) in [5, 5.41) is 12.2. The number of amides is 2. The maximum atomic E-state index is 12.6. The van der Waals surface area contributed by atoms with Gasteiger partial charge in [-0.05, 0) is 6.07 Å². The van der Waals surface area contributed by atoms with Gasteiger partial charge in [-0.2, -0.15) is 5.06 Å². The average molecular weight is 361 g/mol. The Bertz CT molecular complexity index is 717. The Kier molecular flexibility index (Phi) is 3.00. The summed E-state index contributed by atoms with van der Waals surface area (Å²) < 4.78 is 5.80. The van der Waals surface area contributed by atoms with Crippen LogP contribution in [0.3, 0.4) is 0 Å². The summed E-state index contributed by atoms with van der Waals surface area (Å²) in [7, 11) is 3.87. The van der Waals surface area contributed by atoms with Gasteiger partial charge in [0.1, 0.15) is 16.7 Å². The molecule has 0 saturated carbocycles. The molecule has 1 aromatic carbocycles. The van der Waals surface area contributed by atoms with E-state index in [1.165, 1.54) is 34.8 Å². The van der Waals surface area contributed by atoms with Crippen LogP contribution >= 0.6 is 33.2 Å². The molecule has 3 atom stereocenters. The zero-order valence-electron chi connectivity index (χ0n) is 11.0. The van der Waals surface area contributed by atoms with Gasteiger partial charge in [-0.1, -0.05) is 33.2 Å². The van der Waals surface area contributed by atoms with Crippen LogP contribution in [0.25, 0.3) is 0 Å². The van der Waals surface area contributed by atoms with Gasteiger partial charge >= 0.3 is 5.72 Å². The van der Waals surface area contributed by atoms with Gasteiger partial charge in [0.05, 0.1) is 12.1 Å². The van der Waals surface area contributed by atoms with Gasteiger partial charge in [-0.3, -0.25) is 14.4 Å². The van der Waals surface area contributed by atoms with Crippen molar-refractivity contribution in [1.29, 1.82) is 0 Å². The monoisotopic (exact) mass is 360 g/mol. The summed E-state index contributed by atoms with van der Waals surface area (Å²) in [6.07, 6.45) is 0. The first kappa shape index (κ1) is 14.3. The third-order valence-corrected chi connectivity index (χ3v) is 6.91. The predicted octanol–water partition coefficient (Wildman–Crippen LogP) is 1.42. The zero-order valence-corrected chi connectivity index (χ0v) is 13.4. The van der Waals surface area contributed by atoms with E-state index in [2.05, 4.69) is 5.32 Å². The van der Waals surface area contributed by atoms with Crippen LogP contribution < -0.4 is 10.1 Å². The number of ether oxygens (including phenoxy) is 1. The lowest BCUT2D eigenvalue weighted by atomic mass is 10.0. The minimum absolute atomic E-state index is 0.152. The number of piperazine rings is 1. The quantitative estimate of drug-likeness (QED) is 0.732. The molecule has 4 heterocycles. The molecule has 7 nitrogen and oxygen atoms in total.